The Hall–Kier alpha value is -2.77. The van der Waals surface area contributed by atoms with Gasteiger partial charge in [0, 0.05) is 33.7 Å². The van der Waals surface area contributed by atoms with Crippen molar-refractivity contribution in [2.24, 2.45) is 5.10 Å². The van der Waals surface area contributed by atoms with Gasteiger partial charge in [0.25, 0.3) is 5.69 Å². The molecule has 0 amide bonds. The third-order valence-electron chi connectivity index (χ3n) is 3.15. The molecule has 6 nitrogen and oxygen atoms in total. The minimum atomic E-state index is -0.429. The summed E-state index contributed by atoms with van der Waals surface area (Å²) >= 11 is 7.44. The van der Waals surface area contributed by atoms with Crippen LogP contribution in [0.2, 0.25) is 5.02 Å². The predicted octanol–water partition coefficient (Wildman–Crippen LogP) is 4.82. The number of nitro benzene ring substituents is 1. The Balaban J connectivity index is 1.69. The zero-order valence-corrected chi connectivity index (χ0v) is 13.8. The first-order valence-electron chi connectivity index (χ1n) is 6.87. The summed E-state index contributed by atoms with van der Waals surface area (Å²) in [5.74, 6) is 0. The summed E-state index contributed by atoms with van der Waals surface area (Å²) in [7, 11) is 0. The van der Waals surface area contributed by atoms with Crippen LogP contribution in [-0.2, 0) is 0 Å². The van der Waals surface area contributed by atoms with Crippen molar-refractivity contribution in [3.8, 4) is 11.3 Å². The van der Waals surface area contributed by atoms with Crippen LogP contribution in [0.15, 0.2) is 59.0 Å². The molecule has 0 saturated carbocycles. The molecule has 0 atom stereocenters. The number of aromatic nitrogens is 1. The normalized spacial score (nSPS) is 10.9. The fourth-order valence-electron chi connectivity index (χ4n) is 1.95. The Morgan fingerprint density at radius 1 is 1.21 bits per heavy atom. The van der Waals surface area contributed by atoms with Crippen LogP contribution in [0.3, 0.4) is 0 Å². The van der Waals surface area contributed by atoms with E-state index in [1.807, 2.05) is 23.6 Å². The smallest absolute Gasteiger partial charge is 0.258 e. The van der Waals surface area contributed by atoms with Crippen LogP contribution in [0.4, 0.5) is 10.8 Å². The third-order valence-corrected chi connectivity index (χ3v) is 4.24. The SMILES string of the molecule is O=[N+]([O-])c1ccc(-c2csc(NN=Cc3ccccc3Cl)n2)cc1. The van der Waals surface area contributed by atoms with E-state index in [1.54, 1.807) is 24.4 Å². The summed E-state index contributed by atoms with van der Waals surface area (Å²) in [6, 6.07) is 13.6. The minimum Gasteiger partial charge on any atom is -0.258 e. The van der Waals surface area contributed by atoms with Gasteiger partial charge in [0.2, 0.25) is 5.13 Å². The van der Waals surface area contributed by atoms with Gasteiger partial charge in [-0.1, -0.05) is 29.8 Å². The van der Waals surface area contributed by atoms with Crippen molar-refractivity contribution in [1.82, 2.24) is 4.98 Å². The molecule has 120 valence electrons. The molecule has 1 heterocycles. The van der Waals surface area contributed by atoms with E-state index in [4.69, 9.17) is 11.6 Å². The van der Waals surface area contributed by atoms with Crippen molar-refractivity contribution >= 4 is 40.0 Å². The summed E-state index contributed by atoms with van der Waals surface area (Å²) < 4.78 is 0. The monoisotopic (exact) mass is 358 g/mol. The molecule has 24 heavy (non-hydrogen) atoms. The van der Waals surface area contributed by atoms with E-state index in [1.165, 1.54) is 23.5 Å². The van der Waals surface area contributed by atoms with Crippen LogP contribution >= 0.6 is 22.9 Å². The Labute approximate surface area is 146 Å². The Kier molecular flexibility index (Phi) is 4.83. The first-order chi connectivity index (χ1) is 11.6. The van der Waals surface area contributed by atoms with Gasteiger partial charge in [0.1, 0.15) is 0 Å². The van der Waals surface area contributed by atoms with E-state index >= 15 is 0 Å². The number of benzene rings is 2. The lowest BCUT2D eigenvalue weighted by Gasteiger charge is -1.97. The van der Waals surface area contributed by atoms with Crippen LogP contribution in [0.25, 0.3) is 11.3 Å². The molecule has 0 aliphatic rings. The van der Waals surface area contributed by atoms with Gasteiger partial charge < -0.3 is 0 Å². The lowest BCUT2D eigenvalue weighted by molar-refractivity contribution is -0.384. The number of non-ortho nitro benzene ring substituents is 1. The van der Waals surface area contributed by atoms with Crippen molar-refractivity contribution in [3.05, 3.63) is 74.6 Å². The molecule has 0 saturated heterocycles. The number of hydrogen-bond acceptors (Lipinski definition) is 6. The zero-order valence-electron chi connectivity index (χ0n) is 12.2. The van der Waals surface area contributed by atoms with Gasteiger partial charge in [-0.3, -0.25) is 15.5 Å². The van der Waals surface area contributed by atoms with Crippen LogP contribution in [0.5, 0.6) is 0 Å². The summed E-state index contributed by atoms with van der Waals surface area (Å²) in [5, 5.41) is 17.9. The summed E-state index contributed by atoms with van der Waals surface area (Å²) in [6.07, 6.45) is 1.62. The van der Waals surface area contributed by atoms with Crippen molar-refractivity contribution in [2.45, 2.75) is 0 Å². The maximum atomic E-state index is 10.7. The first-order valence-corrected chi connectivity index (χ1v) is 8.13. The molecular weight excluding hydrogens is 348 g/mol. The maximum absolute atomic E-state index is 10.7. The molecule has 0 bridgehead atoms. The Morgan fingerprint density at radius 3 is 2.67 bits per heavy atom. The largest absolute Gasteiger partial charge is 0.269 e. The van der Waals surface area contributed by atoms with E-state index < -0.39 is 4.92 Å². The lowest BCUT2D eigenvalue weighted by atomic mass is 10.1. The van der Waals surface area contributed by atoms with Crippen LogP contribution < -0.4 is 5.43 Å². The molecule has 1 N–H and O–H groups in total. The van der Waals surface area contributed by atoms with Gasteiger partial charge in [-0.2, -0.15) is 5.10 Å². The number of rotatable bonds is 5. The van der Waals surface area contributed by atoms with Crippen molar-refractivity contribution in [2.75, 3.05) is 5.43 Å². The molecule has 0 radical (unpaired) electrons. The third kappa shape index (κ3) is 3.76. The number of nitro groups is 1. The van der Waals surface area contributed by atoms with Gasteiger partial charge in [-0.25, -0.2) is 4.98 Å². The number of anilines is 1. The molecule has 3 aromatic rings. The predicted molar refractivity (Wildman–Crippen MR) is 96.9 cm³/mol. The number of halogens is 1. The van der Waals surface area contributed by atoms with Crippen molar-refractivity contribution in [3.63, 3.8) is 0 Å². The fraction of sp³-hybridized carbons (Fsp3) is 0. The minimum absolute atomic E-state index is 0.0525. The van der Waals surface area contributed by atoms with Crippen LogP contribution in [-0.4, -0.2) is 16.1 Å². The highest BCUT2D eigenvalue weighted by atomic mass is 35.5. The molecule has 0 fully saturated rings. The highest BCUT2D eigenvalue weighted by Gasteiger charge is 2.08. The van der Waals surface area contributed by atoms with E-state index in [-0.39, 0.29) is 5.69 Å². The Bertz CT molecular complexity index is 893. The quantitative estimate of drug-likeness (QED) is 0.403. The van der Waals surface area contributed by atoms with Gasteiger partial charge in [-0.15, -0.1) is 11.3 Å². The van der Waals surface area contributed by atoms with Crippen molar-refractivity contribution < 1.29 is 4.92 Å². The summed E-state index contributed by atoms with van der Waals surface area (Å²) in [6.45, 7) is 0. The highest BCUT2D eigenvalue weighted by Crippen LogP contribution is 2.26. The molecule has 0 aliphatic carbocycles. The molecule has 0 spiro atoms. The molecule has 0 aliphatic heterocycles. The zero-order chi connectivity index (χ0) is 16.9. The fourth-order valence-corrected chi connectivity index (χ4v) is 2.80. The molecule has 1 aromatic heterocycles. The van der Waals surface area contributed by atoms with Gasteiger partial charge in [-0.05, 0) is 18.2 Å². The van der Waals surface area contributed by atoms with Gasteiger partial charge >= 0.3 is 0 Å². The second-order valence-corrected chi connectivity index (χ2v) is 6.00. The molecular formula is C16H11ClN4O2S. The number of hydrogen-bond donors (Lipinski definition) is 1. The number of thiazole rings is 1. The summed E-state index contributed by atoms with van der Waals surface area (Å²) in [4.78, 5) is 14.6. The van der Waals surface area contributed by atoms with E-state index in [0.29, 0.717) is 10.2 Å². The maximum Gasteiger partial charge on any atom is 0.269 e. The van der Waals surface area contributed by atoms with E-state index in [0.717, 1.165) is 16.8 Å². The lowest BCUT2D eigenvalue weighted by Crippen LogP contribution is -1.91. The van der Waals surface area contributed by atoms with E-state index in [2.05, 4.69) is 15.5 Å². The summed E-state index contributed by atoms with van der Waals surface area (Å²) in [5.41, 5.74) is 5.24. The van der Waals surface area contributed by atoms with Gasteiger partial charge in [0.15, 0.2) is 0 Å². The molecule has 8 heteroatoms. The standard InChI is InChI=1S/C16H11ClN4O2S/c17-14-4-2-1-3-12(14)9-18-20-16-19-15(10-24-16)11-5-7-13(8-6-11)21(22)23/h1-10H,(H,19,20). The average molecular weight is 359 g/mol. The van der Waals surface area contributed by atoms with Crippen LogP contribution in [0.1, 0.15) is 5.56 Å². The molecule has 2 aromatic carbocycles. The highest BCUT2D eigenvalue weighted by molar-refractivity contribution is 7.14. The van der Waals surface area contributed by atoms with Crippen LogP contribution in [0, 0.1) is 10.1 Å². The molecule has 0 unspecified atom stereocenters. The average Bonchev–Trinajstić information content (AvgIpc) is 3.05. The number of nitrogens with zero attached hydrogens (tertiary/aromatic N) is 3. The molecule has 3 rings (SSSR count). The van der Waals surface area contributed by atoms with Crippen molar-refractivity contribution in [1.29, 1.82) is 0 Å². The van der Waals surface area contributed by atoms with Gasteiger partial charge in [0.05, 0.1) is 16.8 Å². The Morgan fingerprint density at radius 2 is 1.96 bits per heavy atom. The first kappa shape index (κ1) is 16.1. The second kappa shape index (κ2) is 7.20. The topological polar surface area (TPSA) is 80.4 Å². The number of nitrogens with one attached hydrogen (secondary N) is 1. The second-order valence-electron chi connectivity index (χ2n) is 4.73. The van der Waals surface area contributed by atoms with E-state index in [9.17, 15) is 10.1 Å². The number of hydrazone groups is 1.